The predicted molar refractivity (Wildman–Crippen MR) is 144 cm³/mol. The van der Waals surface area contributed by atoms with Gasteiger partial charge in [-0.05, 0) is 51.1 Å². The molecule has 0 unspecified atom stereocenters. The molecule has 35 heavy (non-hydrogen) atoms. The van der Waals surface area contributed by atoms with E-state index in [9.17, 15) is 4.39 Å². The van der Waals surface area contributed by atoms with Gasteiger partial charge in [0, 0.05) is 50.5 Å². The van der Waals surface area contributed by atoms with E-state index in [-0.39, 0.29) is 16.4 Å². The van der Waals surface area contributed by atoms with E-state index in [4.69, 9.17) is 22.1 Å². The molecule has 3 N–H and O–H groups in total. The summed E-state index contributed by atoms with van der Waals surface area (Å²) in [4.78, 5) is 9.37. The number of anilines is 1. The van der Waals surface area contributed by atoms with Crippen molar-refractivity contribution in [2.75, 3.05) is 52.2 Å². The van der Waals surface area contributed by atoms with Crippen LogP contribution in [0.5, 0.6) is 5.75 Å². The fraction of sp³-hybridized carbons (Fsp3) is 0.444. The van der Waals surface area contributed by atoms with E-state index in [0.29, 0.717) is 17.0 Å². The molecule has 0 spiro atoms. The van der Waals surface area contributed by atoms with Crippen LogP contribution in [0.4, 0.5) is 15.8 Å². The first-order chi connectivity index (χ1) is 16.7. The predicted octanol–water partition coefficient (Wildman–Crippen LogP) is 4.72. The van der Waals surface area contributed by atoms with Gasteiger partial charge in [0.1, 0.15) is 17.4 Å². The second kappa shape index (κ2) is 11.8. The van der Waals surface area contributed by atoms with E-state index >= 15 is 0 Å². The number of ether oxygens (including phenoxy) is 1. The number of halogens is 2. The average Bonchev–Trinajstić information content (AvgIpc) is 2.85. The van der Waals surface area contributed by atoms with Gasteiger partial charge in [-0.1, -0.05) is 30.4 Å². The van der Waals surface area contributed by atoms with E-state index in [1.54, 1.807) is 14.2 Å². The van der Waals surface area contributed by atoms with Crippen LogP contribution in [0.3, 0.4) is 0 Å². The fourth-order valence-electron chi connectivity index (χ4n) is 4.17. The van der Waals surface area contributed by atoms with Gasteiger partial charge in [-0.2, -0.15) is 0 Å². The number of rotatable bonds is 7. The Morgan fingerprint density at radius 1 is 1.23 bits per heavy atom. The maximum atomic E-state index is 13.5. The highest BCUT2D eigenvalue weighted by Crippen LogP contribution is 2.29. The number of aliphatic imine (C=N–C) groups is 1. The summed E-state index contributed by atoms with van der Waals surface area (Å²) in [7, 11) is 3.42. The van der Waals surface area contributed by atoms with Crippen molar-refractivity contribution in [1.82, 2.24) is 9.80 Å². The number of amidine groups is 1. The molecule has 0 amide bonds. The lowest BCUT2D eigenvalue weighted by atomic mass is 10.00. The van der Waals surface area contributed by atoms with E-state index in [1.165, 1.54) is 24.6 Å². The molecule has 0 aliphatic carbocycles. The third-order valence-electron chi connectivity index (χ3n) is 6.24. The third kappa shape index (κ3) is 6.66. The minimum absolute atomic E-state index is 0.00747. The number of benzene rings is 2. The summed E-state index contributed by atoms with van der Waals surface area (Å²) in [5.74, 6) is 7.18. The molecule has 3 rings (SSSR count). The van der Waals surface area contributed by atoms with Crippen LogP contribution >= 0.6 is 11.6 Å². The molecular formula is C27H35ClFN5O. The number of hydrogen-bond donors (Lipinski definition) is 2. The van der Waals surface area contributed by atoms with Gasteiger partial charge in [-0.3, -0.25) is 4.90 Å². The lowest BCUT2D eigenvalue weighted by Crippen LogP contribution is -2.54. The molecule has 0 aromatic heterocycles. The van der Waals surface area contributed by atoms with Crippen LogP contribution in [0.2, 0.25) is 5.02 Å². The first kappa shape index (κ1) is 26.8. The number of nitrogens with two attached hydrogens (primary N) is 1. The van der Waals surface area contributed by atoms with Crippen molar-refractivity contribution >= 4 is 28.8 Å². The highest BCUT2D eigenvalue weighted by atomic mass is 35.5. The first-order valence-corrected chi connectivity index (χ1v) is 12.3. The third-order valence-corrected chi connectivity index (χ3v) is 6.53. The zero-order valence-electron chi connectivity index (χ0n) is 21.2. The fourth-order valence-corrected chi connectivity index (χ4v) is 4.34. The van der Waals surface area contributed by atoms with Crippen molar-refractivity contribution in [2.45, 2.75) is 32.7 Å². The van der Waals surface area contributed by atoms with Gasteiger partial charge in [0.05, 0.1) is 28.9 Å². The summed E-state index contributed by atoms with van der Waals surface area (Å²) >= 11 is 5.90. The summed E-state index contributed by atoms with van der Waals surface area (Å²) in [6.45, 7) is 11.8. The maximum absolute atomic E-state index is 13.5. The van der Waals surface area contributed by atoms with Crippen molar-refractivity contribution in [3.8, 4) is 17.6 Å². The maximum Gasteiger partial charge on any atom is 0.141 e. The van der Waals surface area contributed by atoms with Gasteiger partial charge in [0.25, 0.3) is 0 Å². The largest absolute Gasteiger partial charge is 0.495 e. The number of methoxy groups -OCH3 is 1. The minimum atomic E-state index is -0.503. The summed E-state index contributed by atoms with van der Waals surface area (Å²) in [5.41, 5.74) is 8.66. The second-order valence-corrected chi connectivity index (χ2v) is 9.49. The average molecular weight is 500 g/mol. The molecule has 8 heteroatoms. The second-order valence-electron chi connectivity index (χ2n) is 9.08. The number of hydrogen-bond acceptors (Lipinski definition) is 5. The Labute approximate surface area is 213 Å². The van der Waals surface area contributed by atoms with Crippen molar-refractivity contribution < 1.29 is 9.13 Å². The molecule has 0 saturated carbocycles. The van der Waals surface area contributed by atoms with E-state index in [0.717, 1.165) is 44.0 Å². The topological polar surface area (TPSA) is 66.1 Å². The molecule has 0 radical (unpaired) electrons. The Morgan fingerprint density at radius 3 is 2.54 bits per heavy atom. The van der Waals surface area contributed by atoms with Crippen molar-refractivity contribution in [1.29, 1.82) is 0 Å². The van der Waals surface area contributed by atoms with Gasteiger partial charge in [0.15, 0.2) is 0 Å². The van der Waals surface area contributed by atoms with Gasteiger partial charge >= 0.3 is 0 Å². The van der Waals surface area contributed by atoms with E-state index in [2.05, 4.69) is 52.7 Å². The Kier molecular flexibility index (Phi) is 9.01. The highest BCUT2D eigenvalue weighted by Gasteiger charge is 2.28. The molecular weight excluding hydrogens is 465 g/mol. The summed E-state index contributed by atoms with van der Waals surface area (Å²) in [6.07, 6.45) is 1.18. The van der Waals surface area contributed by atoms with Crippen LogP contribution in [-0.2, 0) is 0 Å². The summed E-state index contributed by atoms with van der Waals surface area (Å²) in [5, 5.41) is 3.13. The number of nitrogens with one attached hydrogen (secondary N) is 1. The van der Waals surface area contributed by atoms with Crippen LogP contribution in [-0.4, -0.2) is 68.1 Å². The van der Waals surface area contributed by atoms with Gasteiger partial charge in [-0.15, -0.1) is 0 Å². The molecule has 1 aliphatic heterocycles. The standard InChI is InChI=1S/C27H35ClFN5O/c1-6-11-33-12-14-34(15-13-33)27(2,3)10-9-19-16-21(24(31-4)18-25(19)35-5)26(30)32-20-7-8-23(29)22(28)17-20/h7-8,16-18,31H,6,11-15H2,1-5H3,(H2,30,32). The Balaban J connectivity index is 1.92. The monoisotopic (exact) mass is 499 g/mol. The first-order valence-electron chi connectivity index (χ1n) is 11.9. The quantitative estimate of drug-likeness (QED) is 0.328. The molecule has 2 aromatic rings. The Hall–Kier alpha value is -2.79. The zero-order valence-corrected chi connectivity index (χ0v) is 22.0. The molecule has 0 atom stereocenters. The highest BCUT2D eigenvalue weighted by molar-refractivity contribution is 6.31. The van der Waals surface area contributed by atoms with Crippen LogP contribution in [0.15, 0.2) is 35.3 Å². The number of piperazine rings is 1. The SMILES string of the molecule is CCCN1CCN(C(C)(C)C#Cc2cc(C(N)=Nc3ccc(F)c(Cl)c3)c(NC)cc2OC)CC1. The molecule has 0 bridgehead atoms. The lowest BCUT2D eigenvalue weighted by molar-refractivity contribution is 0.0812. The van der Waals surface area contributed by atoms with E-state index in [1.807, 2.05) is 12.1 Å². The molecule has 1 heterocycles. The lowest BCUT2D eigenvalue weighted by Gasteiger charge is -2.41. The van der Waals surface area contributed by atoms with Crippen LogP contribution in [0.1, 0.15) is 38.3 Å². The summed E-state index contributed by atoms with van der Waals surface area (Å²) in [6, 6.07) is 7.96. The van der Waals surface area contributed by atoms with E-state index < -0.39 is 5.82 Å². The Bertz CT molecular complexity index is 1130. The van der Waals surface area contributed by atoms with Gasteiger partial charge in [-0.25, -0.2) is 9.38 Å². The van der Waals surface area contributed by atoms with Crippen molar-refractivity contribution in [3.63, 3.8) is 0 Å². The molecule has 1 aliphatic rings. The van der Waals surface area contributed by atoms with Crippen molar-refractivity contribution in [2.24, 2.45) is 10.7 Å². The van der Waals surface area contributed by atoms with Crippen LogP contribution in [0.25, 0.3) is 0 Å². The van der Waals surface area contributed by atoms with Crippen molar-refractivity contribution in [3.05, 3.63) is 52.3 Å². The molecule has 188 valence electrons. The van der Waals surface area contributed by atoms with Crippen LogP contribution in [0, 0.1) is 17.7 Å². The zero-order chi connectivity index (χ0) is 25.6. The normalized spacial score (nSPS) is 15.5. The molecule has 2 aromatic carbocycles. The van der Waals surface area contributed by atoms with Gasteiger partial charge in [0.2, 0.25) is 0 Å². The molecule has 6 nitrogen and oxygen atoms in total. The van der Waals surface area contributed by atoms with Crippen LogP contribution < -0.4 is 15.8 Å². The smallest absolute Gasteiger partial charge is 0.141 e. The minimum Gasteiger partial charge on any atom is -0.495 e. The molecule has 1 saturated heterocycles. The number of nitrogens with zero attached hydrogens (tertiary/aromatic N) is 3. The summed E-state index contributed by atoms with van der Waals surface area (Å²) < 4.78 is 19.1. The molecule has 1 fully saturated rings. The van der Waals surface area contributed by atoms with Gasteiger partial charge < -0.3 is 20.7 Å². The Morgan fingerprint density at radius 2 is 1.94 bits per heavy atom.